The number of hydrogen-bond donors (Lipinski definition) is 1. The maximum atomic E-state index is 13.0. The molecular weight excluding hydrogens is 486 g/mol. The fourth-order valence-electron chi connectivity index (χ4n) is 4.32. The summed E-state index contributed by atoms with van der Waals surface area (Å²) in [4.78, 5) is 29.2. The summed E-state index contributed by atoms with van der Waals surface area (Å²) >= 11 is 1.40. The number of esters is 1. The van der Waals surface area contributed by atoms with Crippen LogP contribution in [0.5, 0.6) is 0 Å². The van der Waals surface area contributed by atoms with Crippen LogP contribution >= 0.6 is 11.3 Å². The van der Waals surface area contributed by atoms with Crippen molar-refractivity contribution < 1.29 is 22.7 Å². The predicted molar refractivity (Wildman–Crippen MR) is 139 cm³/mol. The first-order chi connectivity index (χ1) is 16.8. The number of benzene rings is 1. The smallest absolute Gasteiger partial charge is 0.341 e. The third-order valence-electron chi connectivity index (χ3n) is 5.99. The molecule has 0 spiro atoms. The first-order valence-corrected chi connectivity index (χ1v) is 14.4. The number of rotatable bonds is 11. The number of ether oxygens (including phenoxy) is 1. The Balaban J connectivity index is 1.83. The summed E-state index contributed by atoms with van der Waals surface area (Å²) in [5, 5.41) is 3.34. The predicted octanol–water partition coefficient (Wildman–Crippen LogP) is 4.37. The van der Waals surface area contributed by atoms with E-state index in [-0.39, 0.29) is 4.90 Å². The average molecular weight is 522 g/mol. The molecule has 192 valence electrons. The Hall–Kier alpha value is -2.27. The van der Waals surface area contributed by atoms with Gasteiger partial charge in [-0.15, -0.1) is 11.3 Å². The van der Waals surface area contributed by atoms with Gasteiger partial charge in [0, 0.05) is 36.6 Å². The summed E-state index contributed by atoms with van der Waals surface area (Å²) in [5.41, 5.74) is 1.68. The molecule has 0 saturated heterocycles. The van der Waals surface area contributed by atoms with Gasteiger partial charge in [-0.3, -0.25) is 9.69 Å². The van der Waals surface area contributed by atoms with Crippen LogP contribution in [0.4, 0.5) is 5.00 Å². The lowest BCUT2D eigenvalue weighted by molar-refractivity contribution is 0.0600. The lowest BCUT2D eigenvalue weighted by atomic mass is 10.0. The molecule has 0 saturated carbocycles. The molecular formula is C25H35N3O5S2. The van der Waals surface area contributed by atoms with Crippen molar-refractivity contribution in [3.8, 4) is 0 Å². The molecule has 0 radical (unpaired) electrons. The molecule has 0 unspecified atom stereocenters. The Morgan fingerprint density at radius 1 is 1.09 bits per heavy atom. The highest BCUT2D eigenvalue weighted by atomic mass is 32.2. The van der Waals surface area contributed by atoms with Gasteiger partial charge in [-0.1, -0.05) is 20.8 Å². The zero-order valence-electron chi connectivity index (χ0n) is 20.9. The summed E-state index contributed by atoms with van der Waals surface area (Å²) in [6, 6.07) is 5.94. The van der Waals surface area contributed by atoms with E-state index in [1.165, 1.54) is 47.0 Å². The number of fused-ring (bicyclic) bond motifs is 1. The molecule has 0 atom stereocenters. The minimum atomic E-state index is -3.62. The Kier molecular flexibility index (Phi) is 9.46. The van der Waals surface area contributed by atoms with Gasteiger partial charge < -0.3 is 10.1 Å². The van der Waals surface area contributed by atoms with Crippen molar-refractivity contribution in [2.24, 2.45) is 0 Å². The van der Waals surface area contributed by atoms with Gasteiger partial charge in [0.05, 0.1) is 17.6 Å². The fourth-order valence-corrected chi connectivity index (χ4v) is 7.22. The van der Waals surface area contributed by atoms with Crippen LogP contribution in [0, 0.1) is 0 Å². The van der Waals surface area contributed by atoms with Gasteiger partial charge in [0.25, 0.3) is 5.91 Å². The van der Waals surface area contributed by atoms with Gasteiger partial charge in [-0.2, -0.15) is 4.31 Å². The molecule has 1 aromatic heterocycles. The normalized spacial score (nSPS) is 14.1. The van der Waals surface area contributed by atoms with Crippen LogP contribution < -0.4 is 5.32 Å². The van der Waals surface area contributed by atoms with Crippen LogP contribution in [-0.2, 0) is 27.7 Å². The molecule has 35 heavy (non-hydrogen) atoms. The zero-order chi connectivity index (χ0) is 25.6. The number of anilines is 1. The van der Waals surface area contributed by atoms with Crippen molar-refractivity contribution in [2.45, 2.75) is 57.9 Å². The SMILES string of the molecule is CCCN1CCc2c(sc(NC(=O)c3ccc(S(=O)(=O)N(CCC)CCC)cc3)c2C(=O)OC)C1. The number of carbonyl (C=O) groups is 2. The molecule has 8 nitrogen and oxygen atoms in total. The molecule has 0 bridgehead atoms. The summed E-state index contributed by atoms with van der Waals surface area (Å²) in [6.45, 7) is 9.51. The Morgan fingerprint density at radius 2 is 1.74 bits per heavy atom. The van der Waals surface area contributed by atoms with E-state index in [0.717, 1.165) is 55.8 Å². The van der Waals surface area contributed by atoms with Gasteiger partial charge in [-0.05, 0) is 62.1 Å². The van der Waals surface area contributed by atoms with Crippen molar-refractivity contribution in [1.82, 2.24) is 9.21 Å². The lowest BCUT2D eigenvalue weighted by Gasteiger charge is -2.26. The van der Waals surface area contributed by atoms with Crippen molar-refractivity contribution >= 4 is 38.2 Å². The number of methoxy groups -OCH3 is 1. The third kappa shape index (κ3) is 6.11. The van der Waals surface area contributed by atoms with Crippen LogP contribution in [0.1, 0.15) is 71.2 Å². The van der Waals surface area contributed by atoms with E-state index in [2.05, 4.69) is 17.1 Å². The number of nitrogens with one attached hydrogen (secondary N) is 1. The molecule has 2 aromatic rings. The number of carbonyl (C=O) groups excluding carboxylic acids is 2. The maximum Gasteiger partial charge on any atom is 0.341 e. The first-order valence-electron chi connectivity index (χ1n) is 12.1. The molecule has 1 amide bonds. The summed E-state index contributed by atoms with van der Waals surface area (Å²) in [5.74, 6) is -0.864. The van der Waals surface area contributed by atoms with E-state index in [0.29, 0.717) is 29.2 Å². The average Bonchev–Trinajstić information content (AvgIpc) is 3.20. The van der Waals surface area contributed by atoms with E-state index >= 15 is 0 Å². The standard InChI is InChI=1S/C25H35N3O5S2/c1-5-13-27-16-12-20-21(17-27)34-24(22(20)25(30)33-4)26-23(29)18-8-10-19(11-9-18)35(31,32)28(14-6-2)15-7-3/h8-11H,5-7,12-17H2,1-4H3,(H,26,29). The van der Waals surface area contributed by atoms with Crippen molar-refractivity contribution in [3.63, 3.8) is 0 Å². The zero-order valence-corrected chi connectivity index (χ0v) is 22.6. The van der Waals surface area contributed by atoms with Crippen LogP contribution in [0.2, 0.25) is 0 Å². The fraction of sp³-hybridized carbons (Fsp3) is 0.520. The molecule has 3 rings (SSSR count). The van der Waals surface area contributed by atoms with Gasteiger partial charge in [0.1, 0.15) is 5.00 Å². The van der Waals surface area contributed by atoms with Crippen LogP contribution in [-0.4, -0.2) is 62.8 Å². The summed E-state index contributed by atoms with van der Waals surface area (Å²) in [7, 11) is -2.29. The second-order valence-electron chi connectivity index (χ2n) is 8.61. The summed E-state index contributed by atoms with van der Waals surface area (Å²) < 4.78 is 32.5. The van der Waals surface area contributed by atoms with Crippen LogP contribution in [0.15, 0.2) is 29.2 Å². The molecule has 1 N–H and O–H groups in total. The minimum Gasteiger partial charge on any atom is -0.465 e. The molecule has 1 aliphatic heterocycles. The van der Waals surface area contributed by atoms with E-state index in [1.54, 1.807) is 0 Å². The molecule has 2 heterocycles. The topological polar surface area (TPSA) is 96.0 Å². The quantitative estimate of drug-likeness (QED) is 0.441. The van der Waals surface area contributed by atoms with Crippen LogP contribution in [0.3, 0.4) is 0 Å². The number of sulfonamides is 1. The maximum absolute atomic E-state index is 13.0. The van der Waals surface area contributed by atoms with Crippen molar-refractivity contribution in [2.75, 3.05) is 38.6 Å². The van der Waals surface area contributed by atoms with Crippen LogP contribution in [0.25, 0.3) is 0 Å². The number of amides is 1. The Morgan fingerprint density at radius 3 is 2.31 bits per heavy atom. The summed E-state index contributed by atoms with van der Waals surface area (Å²) in [6.07, 6.45) is 3.23. The van der Waals surface area contributed by atoms with Gasteiger partial charge in [0.2, 0.25) is 10.0 Å². The molecule has 0 aliphatic carbocycles. The number of hydrogen-bond acceptors (Lipinski definition) is 7. The first kappa shape index (κ1) is 27.3. The Labute approximate surface area is 212 Å². The lowest BCUT2D eigenvalue weighted by Crippen LogP contribution is -2.32. The highest BCUT2D eigenvalue weighted by Crippen LogP contribution is 2.38. The second-order valence-corrected chi connectivity index (χ2v) is 11.7. The number of nitrogens with zero attached hydrogens (tertiary/aromatic N) is 2. The highest BCUT2D eigenvalue weighted by Gasteiger charge is 2.29. The Bertz CT molecular complexity index is 1140. The molecule has 1 aliphatic rings. The monoisotopic (exact) mass is 521 g/mol. The largest absolute Gasteiger partial charge is 0.465 e. The third-order valence-corrected chi connectivity index (χ3v) is 9.04. The van der Waals surface area contributed by atoms with E-state index < -0.39 is 21.9 Å². The van der Waals surface area contributed by atoms with E-state index in [9.17, 15) is 18.0 Å². The minimum absolute atomic E-state index is 0.161. The molecule has 10 heteroatoms. The van der Waals surface area contributed by atoms with Crippen molar-refractivity contribution in [3.05, 3.63) is 45.8 Å². The number of thiophene rings is 1. The molecule has 1 aromatic carbocycles. The molecule has 0 fully saturated rings. The van der Waals surface area contributed by atoms with E-state index in [1.807, 2.05) is 13.8 Å². The van der Waals surface area contributed by atoms with Gasteiger partial charge >= 0.3 is 5.97 Å². The second kappa shape index (κ2) is 12.1. The highest BCUT2D eigenvalue weighted by molar-refractivity contribution is 7.89. The van der Waals surface area contributed by atoms with Gasteiger partial charge in [-0.25, -0.2) is 13.2 Å². The van der Waals surface area contributed by atoms with E-state index in [4.69, 9.17) is 4.74 Å². The van der Waals surface area contributed by atoms with Gasteiger partial charge in [0.15, 0.2) is 0 Å². The van der Waals surface area contributed by atoms with Crippen molar-refractivity contribution in [1.29, 1.82) is 0 Å².